The number of hydrogen-bond acceptors (Lipinski definition) is 5. The van der Waals surface area contributed by atoms with Crippen LogP contribution in [0.2, 0.25) is 5.15 Å². The minimum Gasteiger partial charge on any atom is -0.364 e. The highest BCUT2D eigenvalue weighted by Crippen LogP contribution is 2.21. The molecule has 0 bridgehead atoms. The zero-order valence-corrected chi connectivity index (χ0v) is 12.6. The third kappa shape index (κ3) is 3.88. The second-order valence-electron chi connectivity index (χ2n) is 4.69. The number of aromatic nitrogens is 3. The summed E-state index contributed by atoms with van der Waals surface area (Å²) in [5.41, 5.74) is 7.75. The Hall–Kier alpha value is -2.21. The molecule has 0 aliphatic carbocycles. The number of carbonyl (C=O) groups excluding carboxylic acids is 1. The fraction of sp³-hybridized carbons (Fsp3) is 0.286. The molecule has 0 atom stereocenters. The number of pyridine rings is 1. The van der Waals surface area contributed by atoms with Crippen molar-refractivity contribution in [2.45, 2.75) is 26.7 Å². The molecule has 21 heavy (non-hydrogen) atoms. The van der Waals surface area contributed by atoms with Crippen LogP contribution in [-0.4, -0.2) is 21.1 Å². The van der Waals surface area contributed by atoms with E-state index < -0.39 is 5.91 Å². The van der Waals surface area contributed by atoms with E-state index >= 15 is 0 Å². The number of halogens is 1. The van der Waals surface area contributed by atoms with Crippen LogP contribution in [0.5, 0.6) is 0 Å². The van der Waals surface area contributed by atoms with E-state index in [0.717, 1.165) is 24.1 Å². The van der Waals surface area contributed by atoms with E-state index in [-0.39, 0.29) is 10.8 Å². The fourth-order valence-electron chi connectivity index (χ4n) is 1.97. The van der Waals surface area contributed by atoms with Crippen molar-refractivity contribution in [1.82, 2.24) is 15.2 Å². The minimum atomic E-state index is -0.678. The number of amides is 1. The SMILES string of the molecule is CCCc1cc(C)cc(Nc2cc(Cl)nnc2C(N)=O)n1. The van der Waals surface area contributed by atoms with Crippen molar-refractivity contribution < 1.29 is 4.79 Å². The van der Waals surface area contributed by atoms with Gasteiger partial charge in [-0.25, -0.2) is 4.98 Å². The monoisotopic (exact) mass is 305 g/mol. The van der Waals surface area contributed by atoms with Gasteiger partial charge in [0.1, 0.15) is 5.82 Å². The molecule has 2 heterocycles. The highest BCUT2D eigenvalue weighted by Gasteiger charge is 2.13. The quantitative estimate of drug-likeness (QED) is 0.885. The van der Waals surface area contributed by atoms with Crippen LogP contribution in [0.25, 0.3) is 0 Å². The van der Waals surface area contributed by atoms with Gasteiger partial charge >= 0.3 is 0 Å². The van der Waals surface area contributed by atoms with E-state index in [1.54, 1.807) is 0 Å². The van der Waals surface area contributed by atoms with Gasteiger partial charge in [-0.1, -0.05) is 24.9 Å². The van der Waals surface area contributed by atoms with Gasteiger partial charge in [0, 0.05) is 11.8 Å². The Morgan fingerprint density at radius 3 is 2.76 bits per heavy atom. The lowest BCUT2D eigenvalue weighted by Crippen LogP contribution is -2.16. The fourth-order valence-corrected chi connectivity index (χ4v) is 2.12. The largest absolute Gasteiger partial charge is 0.364 e. The smallest absolute Gasteiger partial charge is 0.271 e. The number of nitrogens with two attached hydrogens (primary N) is 1. The molecule has 7 heteroatoms. The Morgan fingerprint density at radius 1 is 1.33 bits per heavy atom. The summed E-state index contributed by atoms with van der Waals surface area (Å²) < 4.78 is 0. The molecule has 1 amide bonds. The highest BCUT2D eigenvalue weighted by molar-refractivity contribution is 6.29. The molecule has 2 aromatic heterocycles. The standard InChI is InChI=1S/C14H16ClN5O/c1-3-4-9-5-8(2)6-12(17-9)18-10-7-11(15)19-20-13(10)14(16)21/h5-7H,3-4H2,1-2H3,(H2,16,21)(H,17,18,19). The third-order valence-corrected chi connectivity index (χ3v) is 2.97. The maximum Gasteiger partial charge on any atom is 0.271 e. The second-order valence-corrected chi connectivity index (χ2v) is 5.08. The number of anilines is 2. The van der Waals surface area contributed by atoms with Gasteiger partial charge < -0.3 is 11.1 Å². The van der Waals surface area contributed by atoms with Gasteiger partial charge in [0.15, 0.2) is 10.8 Å². The normalized spacial score (nSPS) is 10.4. The van der Waals surface area contributed by atoms with Gasteiger partial charge in [-0.3, -0.25) is 4.79 Å². The lowest BCUT2D eigenvalue weighted by molar-refractivity contribution is 0.0995. The summed E-state index contributed by atoms with van der Waals surface area (Å²) in [7, 11) is 0. The number of hydrogen-bond donors (Lipinski definition) is 2. The number of nitrogens with zero attached hydrogens (tertiary/aromatic N) is 3. The van der Waals surface area contributed by atoms with Gasteiger partial charge in [0.05, 0.1) is 5.69 Å². The third-order valence-electron chi connectivity index (χ3n) is 2.79. The average Bonchev–Trinajstić information content (AvgIpc) is 2.38. The van der Waals surface area contributed by atoms with E-state index in [4.69, 9.17) is 17.3 Å². The first-order valence-corrected chi connectivity index (χ1v) is 6.95. The van der Waals surface area contributed by atoms with Crippen LogP contribution in [0.1, 0.15) is 35.1 Å². The van der Waals surface area contributed by atoms with E-state index in [9.17, 15) is 4.79 Å². The first-order chi connectivity index (χ1) is 9.99. The maximum absolute atomic E-state index is 11.4. The summed E-state index contributed by atoms with van der Waals surface area (Å²) in [5.74, 6) is -0.0619. The topological polar surface area (TPSA) is 93.8 Å². The molecular weight excluding hydrogens is 290 g/mol. The van der Waals surface area contributed by atoms with Gasteiger partial charge in [0.25, 0.3) is 5.91 Å². The molecule has 0 aliphatic heterocycles. The van der Waals surface area contributed by atoms with Crippen molar-refractivity contribution in [2.24, 2.45) is 5.73 Å². The van der Waals surface area contributed by atoms with Crippen molar-refractivity contribution in [1.29, 1.82) is 0 Å². The Labute approximate surface area is 127 Å². The highest BCUT2D eigenvalue weighted by atomic mass is 35.5. The molecule has 0 aromatic carbocycles. The molecule has 6 nitrogen and oxygen atoms in total. The predicted octanol–water partition coefficient (Wildman–Crippen LogP) is 2.63. The molecule has 2 aromatic rings. The molecule has 0 spiro atoms. The molecule has 0 radical (unpaired) electrons. The van der Waals surface area contributed by atoms with Crippen LogP contribution < -0.4 is 11.1 Å². The van der Waals surface area contributed by atoms with Gasteiger partial charge in [0.2, 0.25) is 0 Å². The number of aryl methyl sites for hydroxylation is 2. The summed E-state index contributed by atoms with van der Waals surface area (Å²) >= 11 is 5.81. The summed E-state index contributed by atoms with van der Waals surface area (Å²) in [6.45, 7) is 4.08. The summed E-state index contributed by atoms with van der Waals surface area (Å²) in [4.78, 5) is 15.9. The van der Waals surface area contributed by atoms with Crippen LogP contribution in [-0.2, 0) is 6.42 Å². The second kappa shape index (κ2) is 6.49. The van der Waals surface area contributed by atoms with Gasteiger partial charge in [-0.2, -0.15) is 0 Å². The molecule has 3 N–H and O–H groups in total. The van der Waals surface area contributed by atoms with Crippen molar-refractivity contribution in [2.75, 3.05) is 5.32 Å². The van der Waals surface area contributed by atoms with Crippen molar-refractivity contribution in [3.8, 4) is 0 Å². The molecular formula is C14H16ClN5O. The van der Waals surface area contributed by atoms with Crippen LogP contribution in [0.3, 0.4) is 0 Å². The van der Waals surface area contributed by atoms with Crippen molar-refractivity contribution in [3.63, 3.8) is 0 Å². The Kier molecular flexibility index (Phi) is 4.70. The van der Waals surface area contributed by atoms with E-state index in [2.05, 4.69) is 27.4 Å². The minimum absolute atomic E-state index is 0.0275. The zero-order chi connectivity index (χ0) is 15.4. The Balaban J connectivity index is 2.37. The number of rotatable bonds is 5. The van der Waals surface area contributed by atoms with Gasteiger partial charge in [-0.05, 0) is 31.0 Å². The van der Waals surface area contributed by atoms with Crippen LogP contribution in [0.4, 0.5) is 11.5 Å². The number of carbonyl (C=O) groups is 1. The summed E-state index contributed by atoms with van der Waals surface area (Å²) in [6, 6.07) is 5.40. The van der Waals surface area contributed by atoms with Crippen molar-refractivity contribution in [3.05, 3.63) is 40.3 Å². The molecule has 0 unspecified atom stereocenters. The summed E-state index contributed by atoms with van der Waals surface area (Å²) in [6.07, 6.45) is 1.89. The molecule has 0 fully saturated rings. The van der Waals surface area contributed by atoms with E-state index in [1.807, 2.05) is 19.1 Å². The van der Waals surface area contributed by atoms with E-state index in [0.29, 0.717) is 11.5 Å². The maximum atomic E-state index is 11.4. The van der Waals surface area contributed by atoms with Crippen LogP contribution in [0.15, 0.2) is 18.2 Å². The van der Waals surface area contributed by atoms with Crippen LogP contribution in [0, 0.1) is 6.92 Å². The lowest BCUT2D eigenvalue weighted by atomic mass is 10.2. The zero-order valence-electron chi connectivity index (χ0n) is 11.9. The predicted molar refractivity (Wildman–Crippen MR) is 81.8 cm³/mol. The van der Waals surface area contributed by atoms with Crippen LogP contribution >= 0.6 is 11.6 Å². The Morgan fingerprint density at radius 2 is 2.10 bits per heavy atom. The molecule has 0 aliphatic rings. The molecule has 0 saturated carbocycles. The number of primary amides is 1. The van der Waals surface area contributed by atoms with E-state index in [1.165, 1.54) is 6.07 Å². The lowest BCUT2D eigenvalue weighted by Gasteiger charge is -2.10. The first kappa shape index (κ1) is 15.2. The van der Waals surface area contributed by atoms with Crippen molar-refractivity contribution >= 4 is 29.0 Å². The van der Waals surface area contributed by atoms with Gasteiger partial charge in [-0.15, -0.1) is 10.2 Å². The molecule has 2 rings (SSSR count). The molecule has 0 saturated heterocycles. The average molecular weight is 306 g/mol. The molecule has 110 valence electrons. The first-order valence-electron chi connectivity index (χ1n) is 6.57. The summed E-state index contributed by atoms with van der Waals surface area (Å²) in [5, 5.41) is 10.5. The Bertz CT molecular complexity index is 674. The number of nitrogens with one attached hydrogen (secondary N) is 1.